The van der Waals surface area contributed by atoms with Gasteiger partial charge >= 0.3 is 0 Å². The molecule has 0 aliphatic rings. The molecule has 0 aliphatic carbocycles. The molecule has 0 unspecified atom stereocenters. The Morgan fingerprint density at radius 2 is 1.67 bits per heavy atom. The van der Waals surface area contributed by atoms with Crippen LogP contribution in [0.15, 0.2) is 47.4 Å². The molecule has 0 heterocycles. The average molecular weight is 264 g/mol. The molecule has 2 aromatic rings. The molecular formula is C14H10F2OS. The summed E-state index contributed by atoms with van der Waals surface area (Å²) in [4.78, 5) is 10.4. The van der Waals surface area contributed by atoms with Crippen molar-refractivity contribution in [3.05, 3.63) is 65.2 Å². The van der Waals surface area contributed by atoms with E-state index >= 15 is 0 Å². The van der Waals surface area contributed by atoms with Crippen LogP contribution in [0.4, 0.5) is 8.78 Å². The van der Waals surface area contributed by atoms with E-state index in [0.717, 1.165) is 29.5 Å². The van der Waals surface area contributed by atoms with Crippen molar-refractivity contribution in [1.29, 1.82) is 0 Å². The first-order valence-electron chi connectivity index (χ1n) is 5.31. The standard InChI is InChI=1S/C14H10F2OS/c15-12-6-11(8-17)7-13(16)14(12)18-9-10-4-2-1-3-5-10/h1-8H,9H2. The Labute approximate surface area is 108 Å². The number of hydrogen-bond acceptors (Lipinski definition) is 2. The summed E-state index contributed by atoms with van der Waals surface area (Å²) in [6.45, 7) is 0. The summed E-state index contributed by atoms with van der Waals surface area (Å²) >= 11 is 1.08. The fourth-order valence-corrected chi connectivity index (χ4v) is 2.41. The maximum absolute atomic E-state index is 13.6. The van der Waals surface area contributed by atoms with Crippen LogP contribution in [-0.4, -0.2) is 6.29 Å². The summed E-state index contributed by atoms with van der Waals surface area (Å²) in [5.41, 5.74) is 0.995. The maximum Gasteiger partial charge on any atom is 0.150 e. The maximum atomic E-state index is 13.6. The monoisotopic (exact) mass is 264 g/mol. The molecule has 2 aromatic carbocycles. The SMILES string of the molecule is O=Cc1cc(F)c(SCc2ccccc2)c(F)c1. The molecule has 0 aromatic heterocycles. The first-order chi connectivity index (χ1) is 8.70. The van der Waals surface area contributed by atoms with Crippen molar-refractivity contribution in [3.8, 4) is 0 Å². The zero-order chi connectivity index (χ0) is 13.0. The van der Waals surface area contributed by atoms with E-state index < -0.39 is 11.6 Å². The van der Waals surface area contributed by atoms with E-state index in [4.69, 9.17) is 0 Å². The van der Waals surface area contributed by atoms with Gasteiger partial charge in [0, 0.05) is 11.3 Å². The molecule has 18 heavy (non-hydrogen) atoms. The number of carbonyl (C=O) groups is 1. The molecule has 0 atom stereocenters. The van der Waals surface area contributed by atoms with Gasteiger partial charge < -0.3 is 0 Å². The van der Waals surface area contributed by atoms with E-state index in [0.29, 0.717) is 12.0 Å². The molecule has 1 nitrogen and oxygen atoms in total. The number of halogens is 2. The fourth-order valence-electron chi connectivity index (χ4n) is 1.52. The van der Waals surface area contributed by atoms with Crippen LogP contribution in [0.2, 0.25) is 0 Å². The number of rotatable bonds is 4. The molecule has 0 radical (unpaired) electrons. The lowest BCUT2D eigenvalue weighted by Gasteiger charge is -2.05. The van der Waals surface area contributed by atoms with Gasteiger partial charge in [-0.25, -0.2) is 8.78 Å². The Hall–Kier alpha value is -1.68. The lowest BCUT2D eigenvalue weighted by atomic mass is 10.2. The summed E-state index contributed by atoms with van der Waals surface area (Å²) in [5.74, 6) is -0.911. The summed E-state index contributed by atoms with van der Waals surface area (Å²) in [6.07, 6.45) is 0.428. The van der Waals surface area contributed by atoms with Crippen LogP contribution in [0.1, 0.15) is 15.9 Å². The first kappa shape index (κ1) is 12.8. The minimum Gasteiger partial charge on any atom is -0.298 e. The molecular weight excluding hydrogens is 254 g/mol. The molecule has 0 saturated heterocycles. The molecule has 92 valence electrons. The molecule has 4 heteroatoms. The van der Waals surface area contributed by atoms with Crippen LogP contribution in [0.25, 0.3) is 0 Å². The topological polar surface area (TPSA) is 17.1 Å². The van der Waals surface area contributed by atoms with Crippen LogP contribution < -0.4 is 0 Å². The lowest BCUT2D eigenvalue weighted by molar-refractivity contribution is 0.112. The lowest BCUT2D eigenvalue weighted by Crippen LogP contribution is -1.92. The predicted molar refractivity (Wildman–Crippen MR) is 67.7 cm³/mol. The molecule has 0 bridgehead atoms. The van der Waals surface area contributed by atoms with Crippen molar-refractivity contribution in [3.63, 3.8) is 0 Å². The highest BCUT2D eigenvalue weighted by Crippen LogP contribution is 2.28. The Morgan fingerprint density at radius 1 is 1.06 bits per heavy atom. The highest BCUT2D eigenvalue weighted by atomic mass is 32.2. The van der Waals surface area contributed by atoms with Crippen LogP contribution in [-0.2, 0) is 5.75 Å². The van der Waals surface area contributed by atoms with E-state index in [1.54, 1.807) is 0 Å². The third-order valence-electron chi connectivity index (χ3n) is 2.38. The highest BCUT2D eigenvalue weighted by molar-refractivity contribution is 7.98. The van der Waals surface area contributed by atoms with E-state index in [9.17, 15) is 13.6 Å². The molecule has 0 amide bonds. The minimum absolute atomic E-state index is 0.00839. The summed E-state index contributed by atoms with van der Waals surface area (Å²) in [7, 11) is 0. The summed E-state index contributed by atoms with van der Waals surface area (Å²) in [6, 6.07) is 11.5. The van der Waals surface area contributed by atoms with Crippen molar-refractivity contribution in [2.75, 3.05) is 0 Å². The Kier molecular flexibility index (Phi) is 4.10. The molecule has 0 spiro atoms. The van der Waals surface area contributed by atoms with Gasteiger partial charge in [0.1, 0.15) is 17.9 Å². The minimum atomic E-state index is -0.696. The largest absolute Gasteiger partial charge is 0.298 e. The smallest absolute Gasteiger partial charge is 0.150 e. The van der Waals surface area contributed by atoms with Crippen LogP contribution in [0.5, 0.6) is 0 Å². The van der Waals surface area contributed by atoms with E-state index in [-0.39, 0.29) is 10.5 Å². The van der Waals surface area contributed by atoms with Gasteiger partial charge in [0.15, 0.2) is 0 Å². The van der Waals surface area contributed by atoms with Gasteiger partial charge in [0.25, 0.3) is 0 Å². The molecule has 0 fully saturated rings. The second-order valence-corrected chi connectivity index (χ2v) is 4.69. The Balaban J connectivity index is 2.17. The van der Waals surface area contributed by atoms with Crippen LogP contribution >= 0.6 is 11.8 Å². The molecule has 0 saturated carbocycles. The van der Waals surface area contributed by atoms with Crippen molar-refractivity contribution >= 4 is 18.0 Å². The van der Waals surface area contributed by atoms with E-state index in [2.05, 4.69) is 0 Å². The number of thioether (sulfide) groups is 1. The van der Waals surface area contributed by atoms with Gasteiger partial charge in [-0.3, -0.25) is 4.79 Å². The zero-order valence-corrected chi connectivity index (χ0v) is 10.2. The second-order valence-electron chi connectivity index (χ2n) is 3.71. The highest BCUT2D eigenvalue weighted by Gasteiger charge is 2.11. The third kappa shape index (κ3) is 2.96. The fraction of sp³-hybridized carbons (Fsp3) is 0.0714. The van der Waals surface area contributed by atoms with Crippen LogP contribution in [0.3, 0.4) is 0 Å². The van der Waals surface area contributed by atoms with Gasteiger partial charge in [-0.2, -0.15) is 0 Å². The van der Waals surface area contributed by atoms with Gasteiger partial charge in [-0.1, -0.05) is 30.3 Å². The summed E-state index contributed by atoms with van der Waals surface area (Å²) in [5, 5.41) is 0. The van der Waals surface area contributed by atoms with Gasteiger partial charge in [-0.05, 0) is 17.7 Å². The number of carbonyl (C=O) groups excluding carboxylic acids is 1. The first-order valence-corrected chi connectivity index (χ1v) is 6.30. The Bertz CT molecular complexity index is 532. The number of benzene rings is 2. The Morgan fingerprint density at radius 3 is 2.22 bits per heavy atom. The number of aldehydes is 1. The van der Waals surface area contributed by atoms with Crippen molar-refractivity contribution in [2.24, 2.45) is 0 Å². The average Bonchev–Trinajstić information content (AvgIpc) is 2.38. The van der Waals surface area contributed by atoms with Gasteiger partial charge in [-0.15, -0.1) is 11.8 Å². The number of hydrogen-bond donors (Lipinski definition) is 0. The van der Waals surface area contributed by atoms with Gasteiger partial charge in [0.2, 0.25) is 0 Å². The van der Waals surface area contributed by atoms with Gasteiger partial charge in [0.05, 0.1) is 4.90 Å². The van der Waals surface area contributed by atoms with Crippen molar-refractivity contribution < 1.29 is 13.6 Å². The third-order valence-corrected chi connectivity index (χ3v) is 3.54. The van der Waals surface area contributed by atoms with Crippen molar-refractivity contribution in [2.45, 2.75) is 10.6 Å². The molecule has 0 aliphatic heterocycles. The quantitative estimate of drug-likeness (QED) is 0.611. The normalized spacial score (nSPS) is 10.3. The zero-order valence-electron chi connectivity index (χ0n) is 9.40. The summed E-state index contributed by atoms with van der Waals surface area (Å²) < 4.78 is 27.2. The van der Waals surface area contributed by atoms with Crippen molar-refractivity contribution in [1.82, 2.24) is 0 Å². The van der Waals surface area contributed by atoms with E-state index in [1.165, 1.54) is 0 Å². The van der Waals surface area contributed by atoms with Crippen LogP contribution in [0, 0.1) is 11.6 Å². The molecule has 0 N–H and O–H groups in total. The molecule has 2 rings (SSSR count). The van der Waals surface area contributed by atoms with E-state index in [1.807, 2.05) is 30.3 Å². The predicted octanol–water partition coefficient (Wildman–Crippen LogP) is 4.07. The second kappa shape index (κ2) is 5.78.